The van der Waals surface area contributed by atoms with Crippen LogP contribution >= 0.6 is 0 Å². The predicted octanol–water partition coefficient (Wildman–Crippen LogP) is 1.31. The molecule has 1 rings (SSSR count). The average molecular weight is 333 g/mol. The summed E-state index contributed by atoms with van der Waals surface area (Å²) >= 11 is 0. The van der Waals surface area contributed by atoms with Crippen LogP contribution in [-0.2, 0) is 10.0 Å². The molecule has 0 amide bonds. The highest BCUT2D eigenvalue weighted by Gasteiger charge is 2.37. The van der Waals surface area contributed by atoms with Crippen molar-refractivity contribution in [1.82, 2.24) is 15.4 Å². The van der Waals surface area contributed by atoms with Gasteiger partial charge < -0.3 is 10.6 Å². The highest BCUT2D eigenvalue weighted by molar-refractivity contribution is 7.89. The van der Waals surface area contributed by atoms with Gasteiger partial charge in [-0.15, -0.1) is 0 Å². The molecule has 0 unspecified atom stereocenters. The van der Waals surface area contributed by atoms with E-state index >= 15 is 0 Å². The monoisotopic (exact) mass is 332 g/mol. The molecule has 1 aliphatic carbocycles. The Labute approximate surface area is 135 Å². The summed E-state index contributed by atoms with van der Waals surface area (Å²) in [5.74, 6) is 1.56. The van der Waals surface area contributed by atoms with Crippen molar-refractivity contribution in [3.8, 4) is 0 Å². The second kappa shape index (κ2) is 8.72. The van der Waals surface area contributed by atoms with Gasteiger partial charge in [0, 0.05) is 26.7 Å². The molecule has 0 bridgehead atoms. The van der Waals surface area contributed by atoms with Gasteiger partial charge in [-0.25, -0.2) is 13.1 Å². The summed E-state index contributed by atoms with van der Waals surface area (Å²) in [5.41, 5.74) is 0.412. The second-order valence-corrected chi connectivity index (χ2v) is 8.70. The molecule has 22 heavy (non-hydrogen) atoms. The Morgan fingerprint density at radius 2 is 1.91 bits per heavy atom. The van der Waals surface area contributed by atoms with Gasteiger partial charge in [-0.1, -0.05) is 20.3 Å². The number of nitrogens with zero attached hydrogens (tertiary/aromatic N) is 1. The molecule has 0 aromatic rings. The molecule has 0 spiro atoms. The van der Waals surface area contributed by atoms with Gasteiger partial charge in [-0.05, 0) is 37.5 Å². The molecular formula is C15H32N4O2S. The maximum atomic E-state index is 11.3. The van der Waals surface area contributed by atoms with Crippen LogP contribution in [0.15, 0.2) is 4.99 Å². The van der Waals surface area contributed by atoms with Crippen LogP contribution in [0, 0.1) is 11.3 Å². The summed E-state index contributed by atoms with van der Waals surface area (Å²) in [5, 5.41) is 6.54. The minimum absolute atomic E-state index is 0.109. The number of hydrogen-bond acceptors (Lipinski definition) is 3. The van der Waals surface area contributed by atoms with Crippen LogP contribution in [0.5, 0.6) is 0 Å². The molecule has 1 fully saturated rings. The minimum Gasteiger partial charge on any atom is -0.356 e. The zero-order chi connectivity index (χ0) is 16.6. The van der Waals surface area contributed by atoms with Crippen LogP contribution in [0.4, 0.5) is 0 Å². The molecule has 3 N–H and O–H groups in total. The van der Waals surface area contributed by atoms with Crippen LogP contribution in [0.1, 0.15) is 46.5 Å². The lowest BCUT2D eigenvalue weighted by atomic mass is 9.64. The standard InChI is InChI=1S/C15H32N4O2S/c1-5-22(20,21)19-10-9-17-14(16-4)18-12-15(7-6-8-15)11-13(2)3/h13,19H,5-12H2,1-4H3,(H2,16,17,18). The van der Waals surface area contributed by atoms with Gasteiger partial charge in [0.05, 0.1) is 5.75 Å². The first kappa shape index (κ1) is 19.2. The Balaban J connectivity index is 2.31. The van der Waals surface area contributed by atoms with E-state index in [1.807, 2.05) is 0 Å². The normalized spacial score (nSPS) is 18.1. The smallest absolute Gasteiger partial charge is 0.211 e. The Bertz CT molecular complexity index is 456. The van der Waals surface area contributed by atoms with E-state index in [1.54, 1.807) is 14.0 Å². The van der Waals surface area contributed by atoms with Crippen molar-refractivity contribution in [2.45, 2.75) is 46.5 Å². The van der Waals surface area contributed by atoms with Crippen molar-refractivity contribution < 1.29 is 8.42 Å². The maximum absolute atomic E-state index is 11.3. The molecule has 0 atom stereocenters. The molecule has 0 aliphatic heterocycles. The van der Waals surface area contributed by atoms with E-state index in [4.69, 9.17) is 0 Å². The van der Waals surface area contributed by atoms with Crippen LogP contribution in [0.3, 0.4) is 0 Å². The molecular weight excluding hydrogens is 300 g/mol. The summed E-state index contributed by atoms with van der Waals surface area (Å²) < 4.78 is 25.2. The van der Waals surface area contributed by atoms with Gasteiger partial charge in [0.1, 0.15) is 0 Å². The summed E-state index contributed by atoms with van der Waals surface area (Å²) in [7, 11) is -1.38. The lowest BCUT2D eigenvalue weighted by Crippen LogP contribution is -2.48. The summed E-state index contributed by atoms with van der Waals surface area (Å²) in [4.78, 5) is 4.20. The van der Waals surface area contributed by atoms with E-state index in [0.29, 0.717) is 24.4 Å². The quantitative estimate of drug-likeness (QED) is 0.338. The van der Waals surface area contributed by atoms with Crippen molar-refractivity contribution in [1.29, 1.82) is 0 Å². The summed E-state index contributed by atoms with van der Waals surface area (Å²) in [6, 6.07) is 0. The van der Waals surface area contributed by atoms with Gasteiger partial charge in [-0.2, -0.15) is 0 Å². The van der Waals surface area contributed by atoms with Crippen molar-refractivity contribution in [3.63, 3.8) is 0 Å². The number of aliphatic imine (C=N–C) groups is 1. The molecule has 0 aromatic carbocycles. The Morgan fingerprint density at radius 1 is 1.23 bits per heavy atom. The third kappa shape index (κ3) is 6.52. The van der Waals surface area contributed by atoms with E-state index in [9.17, 15) is 8.42 Å². The second-order valence-electron chi connectivity index (χ2n) is 6.60. The highest BCUT2D eigenvalue weighted by Crippen LogP contribution is 2.45. The van der Waals surface area contributed by atoms with Crippen LogP contribution in [0.2, 0.25) is 0 Å². The third-order valence-electron chi connectivity index (χ3n) is 4.23. The van der Waals surface area contributed by atoms with E-state index in [-0.39, 0.29) is 5.75 Å². The number of hydrogen-bond donors (Lipinski definition) is 3. The van der Waals surface area contributed by atoms with Crippen molar-refractivity contribution in [2.24, 2.45) is 16.3 Å². The fourth-order valence-electron chi connectivity index (χ4n) is 2.98. The van der Waals surface area contributed by atoms with Crippen molar-refractivity contribution >= 4 is 16.0 Å². The first-order valence-corrected chi connectivity index (χ1v) is 9.89. The molecule has 1 saturated carbocycles. The van der Waals surface area contributed by atoms with E-state index in [1.165, 1.54) is 25.7 Å². The van der Waals surface area contributed by atoms with Crippen LogP contribution in [0.25, 0.3) is 0 Å². The maximum Gasteiger partial charge on any atom is 0.211 e. The number of nitrogens with one attached hydrogen (secondary N) is 3. The molecule has 0 aromatic heterocycles. The van der Waals surface area contributed by atoms with Crippen LogP contribution < -0.4 is 15.4 Å². The van der Waals surface area contributed by atoms with Crippen molar-refractivity contribution in [3.05, 3.63) is 0 Å². The third-order valence-corrected chi connectivity index (χ3v) is 5.63. The number of guanidine groups is 1. The fourth-order valence-corrected chi connectivity index (χ4v) is 3.59. The van der Waals surface area contributed by atoms with E-state index < -0.39 is 10.0 Å². The zero-order valence-corrected chi connectivity index (χ0v) is 15.2. The van der Waals surface area contributed by atoms with Gasteiger partial charge in [0.25, 0.3) is 0 Å². The highest BCUT2D eigenvalue weighted by atomic mass is 32.2. The Hall–Kier alpha value is -0.820. The summed E-state index contributed by atoms with van der Waals surface area (Å²) in [6.07, 6.45) is 5.13. The molecule has 0 radical (unpaired) electrons. The number of sulfonamides is 1. The Kier molecular flexibility index (Phi) is 7.62. The number of rotatable bonds is 9. The largest absolute Gasteiger partial charge is 0.356 e. The Morgan fingerprint density at radius 3 is 2.36 bits per heavy atom. The molecule has 130 valence electrons. The molecule has 0 heterocycles. The lowest BCUT2D eigenvalue weighted by Gasteiger charge is -2.43. The van der Waals surface area contributed by atoms with Crippen LogP contribution in [-0.4, -0.2) is 46.8 Å². The molecule has 0 saturated heterocycles. The molecule has 1 aliphatic rings. The molecule has 6 nitrogen and oxygen atoms in total. The van der Waals surface area contributed by atoms with Gasteiger partial charge >= 0.3 is 0 Å². The SMILES string of the molecule is CCS(=O)(=O)NCCNC(=NC)NCC1(CC(C)C)CCC1. The van der Waals surface area contributed by atoms with Gasteiger partial charge in [0.2, 0.25) is 10.0 Å². The summed E-state index contributed by atoms with van der Waals surface area (Å²) in [6.45, 7) is 8.00. The van der Waals surface area contributed by atoms with Gasteiger partial charge in [0.15, 0.2) is 5.96 Å². The predicted molar refractivity (Wildman–Crippen MR) is 92.6 cm³/mol. The van der Waals surface area contributed by atoms with Crippen molar-refractivity contribution in [2.75, 3.05) is 32.4 Å². The minimum atomic E-state index is -3.12. The fraction of sp³-hybridized carbons (Fsp3) is 0.933. The van der Waals surface area contributed by atoms with E-state index in [0.717, 1.165) is 12.5 Å². The first-order valence-electron chi connectivity index (χ1n) is 8.24. The average Bonchev–Trinajstić information content (AvgIpc) is 2.43. The lowest BCUT2D eigenvalue weighted by molar-refractivity contribution is 0.104. The first-order chi connectivity index (χ1) is 10.3. The van der Waals surface area contributed by atoms with E-state index in [2.05, 4.69) is 34.2 Å². The molecule has 7 heteroatoms. The van der Waals surface area contributed by atoms with Gasteiger partial charge in [-0.3, -0.25) is 4.99 Å². The zero-order valence-electron chi connectivity index (χ0n) is 14.4. The topological polar surface area (TPSA) is 82.6 Å².